The summed E-state index contributed by atoms with van der Waals surface area (Å²) < 4.78 is 5.16. The van der Waals surface area contributed by atoms with Crippen molar-refractivity contribution in [2.45, 2.75) is 19.9 Å². The summed E-state index contributed by atoms with van der Waals surface area (Å²) in [6.07, 6.45) is 0. The molecule has 0 saturated carbocycles. The van der Waals surface area contributed by atoms with Crippen molar-refractivity contribution in [1.82, 2.24) is 5.32 Å². The van der Waals surface area contributed by atoms with Gasteiger partial charge in [0.1, 0.15) is 0 Å². The minimum absolute atomic E-state index is 0. The van der Waals surface area contributed by atoms with Crippen LogP contribution >= 0.6 is 12.4 Å². The minimum atomic E-state index is -0.279. The van der Waals surface area contributed by atoms with Crippen LogP contribution in [0.25, 0.3) is 0 Å². The van der Waals surface area contributed by atoms with Crippen molar-refractivity contribution in [3.05, 3.63) is 35.9 Å². The number of carbonyl (C=O) groups excluding carboxylic acids is 1. The van der Waals surface area contributed by atoms with Gasteiger partial charge in [-0.3, -0.25) is 4.79 Å². The molecule has 5 heteroatoms. The first-order chi connectivity index (χ1) is 8.66. The largest absolute Gasteiger partial charge is 0.380 e. The Kier molecular flexibility index (Phi) is 9.21. The maximum Gasteiger partial charge on any atom is 0.224 e. The molecule has 0 heterocycles. The Labute approximate surface area is 121 Å². The number of hydrogen-bond donors (Lipinski definition) is 2. The van der Waals surface area contributed by atoms with Crippen LogP contribution in [0.5, 0.6) is 0 Å². The van der Waals surface area contributed by atoms with E-state index >= 15 is 0 Å². The molecule has 0 saturated heterocycles. The third-order valence-electron chi connectivity index (χ3n) is 2.89. The lowest BCUT2D eigenvalue weighted by atomic mass is 9.95. The number of rotatable bonds is 7. The van der Waals surface area contributed by atoms with E-state index in [0.29, 0.717) is 19.8 Å². The number of ether oxygens (including phenoxy) is 1. The van der Waals surface area contributed by atoms with Crippen LogP contribution in [0.15, 0.2) is 30.3 Å². The van der Waals surface area contributed by atoms with E-state index < -0.39 is 0 Å². The molecule has 0 aliphatic heterocycles. The summed E-state index contributed by atoms with van der Waals surface area (Å²) in [4.78, 5) is 11.9. The average molecular weight is 287 g/mol. The molecule has 1 rings (SSSR count). The molecule has 0 radical (unpaired) electrons. The highest BCUT2D eigenvalue weighted by molar-refractivity contribution is 5.85. The third-order valence-corrected chi connectivity index (χ3v) is 2.89. The van der Waals surface area contributed by atoms with E-state index in [1.54, 1.807) is 0 Å². The smallest absolute Gasteiger partial charge is 0.224 e. The molecular formula is C14H23ClN2O2. The fourth-order valence-electron chi connectivity index (χ4n) is 1.68. The molecule has 0 spiro atoms. The van der Waals surface area contributed by atoms with Crippen molar-refractivity contribution in [3.8, 4) is 0 Å². The monoisotopic (exact) mass is 286 g/mol. The van der Waals surface area contributed by atoms with E-state index in [1.165, 1.54) is 0 Å². The van der Waals surface area contributed by atoms with Crippen LogP contribution in [-0.2, 0) is 9.53 Å². The lowest BCUT2D eigenvalue weighted by Gasteiger charge is -2.19. The van der Waals surface area contributed by atoms with E-state index in [4.69, 9.17) is 10.5 Å². The quantitative estimate of drug-likeness (QED) is 0.753. The van der Waals surface area contributed by atoms with E-state index in [9.17, 15) is 4.79 Å². The van der Waals surface area contributed by atoms with Crippen molar-refractivity contribution < 1.29 is 9.53 Å². The highest BCUT2D eigenvalue weighted by Gasteiger charge is 2.21. The van der Waals surface area contributed by atoms with Crippen LogP contribution in [0, 0.1) is 5.92 Å². The Bertz CT molecular complexity index is 360. The standard InChI is InChI=1S/C14H22N2O2.ClH/c1-3-18-10-9-16-14(17)11(2)13(15)12-7-5-4-6-8-12;/h4-8,11,13H,3,9-10,15H2,1-2H3,(H,16,17);1H. The van der Waals surface area contributed by atoms with Crippen LogP contribution in [0.4, 0.5) is 0 Å². The Morgan fingerprint density at radius 2 is 2.00 bits per heavy atom. The van der Waals surface area contributed by atoms with Gasteiger partial charge in [-0.25, -0.2) is 0 Å². The normalized spacial score (nSPS) is 13.2. The predicted molar refractivity (Wildman–Crippen MR) is 79.3 cm³/mol. The molecular weight excluding hydrogens is 264 g/mol. The summed E-state index contributed by atoms with van der Waals surface area (Å²) >= 11 is 0. The SMILES string of the molecule is CCOCCNC(=O)C(C)C(N)c1ccccc1.Cl. The molecule has 4 nitrogen and oxygen atoms in total. The number of amides is 1. The maximum absolute atomic E-state index is 11.9. The van der Waals surface area contributed by atoms with E-state index in [0.717, 1.165) is 5.56 Å². The van der Waals surface area contributed by atoms with Gasteiger partial charge in [-0.05, 0) is 12.5 Å². The average Bonchev–Trinajstić information content (AvgIpc) is 2.42. The summed E-state index contributed by atoms with van der Waals surface area (Å²) in [7, 11) is 0. The van der Waals surface area contributed by atoms with Gasteiger partial charge < -0.3 is 15.8 Å². The Balaban J connectivity index is 0.00000324. The van der Waals surface area contributed by atoms with E-state index in [2.05, 4.69) is 5.32 Å². The summed E-state index contributed by atoms with van der Waals surface area (Å²) in [5.74, 6) is -0.292. The number of hydrogen-bond acceptors (Lipinski definition) is 3. The van der Waals surface area contributed by atoms with Crippen molar-refractivity contribution in [2.24, 2.45) is 11.7 Å². The van der Waals surface area contributed by atoms with Crippen LogP contribution in [0.1, 0.15) is 25.5 Å². The zero-order valence-electron chi connectivity index (χ0n) is 11.5. The lowest BCUT2D eigenvalue weighted by molar-refractivity contribution is -0.125. The molecule has 108 valence electrons. The molecule has 1 amide bonds. The van der Waals surface area contributed by atoms with E-state index in [1.807, 2.05) is 44.2 Å². The summed E-state index contributed by atoms with van der Waals surface area (Å²) in [5, 5.41) is 2.82. The second kappa shape index (κ2) is 9.78. The number of nitrogens with two attached hydrogens (primary N) is 1. The van der Waals surface area contributed by atoms with Crippen molar-refractivity contribution in [3.63, 3.8) is 0 Å². The maximum atomic E-state index is 11.9. The van der Waals surface area contributed by atoms with Gasteiger partial charge in [-0.15, -0.1) is 12.4 Å². The second-order valence-corrected chi connectivity index (χ2v) is 4.21. The number of halogens is 1. The van der Waals surface area contributed by atoms with Gasteiger partial charge in [0.2, 0.25) is 5.91 Å². The fourth-order valence-corrected chi connectivity index (χ4v) is 1.68. The lowest BCUT2D eigenvalue weighted by Crippen LogP contribution is -2.37. The van der Waals surface area contributed by atoms with E-state index in [-0.39, 0.29) is 30.3 Å². The molecule has 0 bridgehead atoms. The molecule has 0 fully saturated rings. The molecule has 1 aromatic carbocycles. The predicted octanol–water partition coefficient (Wildman–Crippen LogP) is 1.90. The van der Waals surface area contributed by atoms with Gasteiger partial charge in [0.25, 0.3) is 0 Å². The van der Waals surface area contributed by atoms with Crippen molar-refractivity contribution in [1.29, 1.82) is 0 Å². The molecule has 3 N–H and O–H groups in total. The number of nitrogens with one attached hydrogen (secondary N) is 1. The van der Waals surface area contributed by atoms with Crippen LogP contribution < -0.4 is 11.1 Å². The zero-order valence-corrected chi connectivity index (χ0v) is 12.3. The van der Waals surface area contributed by atoms with Gasteiger partial charge in [-0.2, -0.15) is 0 Å². The first-order valence-corrected chi connectivity index (χ1v) is 6.32. The molecule has 19 heavy (non-hydrogen) atoms. The number of benzene rings is 1. The van der Waals surface area contributed by atoms with Gasteiger partial charge in [-0.1, -0.05) is 37.3 Å². The van der Waals surface area contributed by atoms with Gasteiger partial charge >= 0.3 is 0 Å². The van der Waals surface area contributed by atoms with Gasteiger partial charge in [0, 0.05) is 19.2 Å². The van der Waals surface area contributed by atoms with Crippen molar-refractivity contribution in [2.75, 3.05) is 19.8 Å². The van der Waals surface area contributed by atoms with Crippen LogP contribution in [0.2, 0.25) is 0 Å². The van der Waals surface area contributed by atoms with Crippen LogP contribution in [0.3, 0.4) is 0 Å². The molecule has 0 aliphatic carbocycles. The van der Waals surface area contributed by atoms with Crippen molar-refractivity contribution >= 4 is 18.3 Å². The third kappa shape index (κ3) is 6.05. The second-order valence-electron chi connectivity index (χ2n) is 4.21. The topological polar surface area (TPSA) is 64.3 Å². The minimum Gasteiger partial charge on any atom is -0.380 e. The fraction of sp³-hybridized carbons (Fsp3) is 0.500. The first kappa shape index (κ1) is 17.9. The molecule has 2 atom stereocenters. The summed E-state index contributed by atoms with van der Waals surface area (Å²) in [5.41, 5.74) is 7.05. The Morgan fingerprint density at radius 3 is 2.58 bits per heavy atom. The summed E-state index contributed by atoms with van der Waals surface area (Å²) in [6, 6.07) is 9.38. The van der Waals surface area contributed by atoms with Crippen LogP contribution in [-0.4, -0.2) is 25.7 Å². The Hall–Kier alpha value is -1.10. The molecule has 0 aliphatic rings. The first-order valence-electron chi connectivity index (χ1n) is 6.32. The number of carbonyl (C=O) groups is 1. The zero-order chi connectivity index (χ0) is 13.4. The Morgan fingerprint density at radius 1 is 1.37 bits per heavy atom. The highest BCUT2D eigenvalue weighted by atomic mass is 35.5. The summed E-state index contributed by atoms with van der Waals surface area (Å²) in [6.45, 7) is 5.49. The highest BCUT2D eigenvalue weighted by Crippen LogP contribution is 2.18. The van der Waals surface area contributed by atoms with Gasteiger partial charge in [0.05, 0.1) is 12.5 Å². The molecule has 0 aromatic heterocycles. The molecule has 2 unspecified atom stereocenters. The van der Waals surface area contributed by atoms with Gasteiger partial charge in [0.15, 0.2) is 0 Å². The molecule has 1 aromatic rings.